The highest BCUT2D eigenvalue weighted by Crippen LogP contribution is 2.38. The zero-order valence-corrected chi connectivity index (χ0v) is 18.9. The van der Waals surface area contributed by atoms with Crippen LogP contribution in [0.2, 0.25) is 0 Å². The minimum atomic E-state index is -0.542. The lowest BCUT2D eigenvalue weighted by Gasteiger charge is -2.26. The molecule has 0 unspecified atom stereocenters. The van der Waals surface area contributed by atoms with Gasteiger partial charge in [-0.2, -0.15) is 5.10 Å². The van der Waals surface area contributed by atoms with Crippen molar-refractivity contribution in [3.63, 3.8) is 0 Å². The third-order valence-corrected chi connectivity index (χ3v) is 5.63. The van der Waals surface area contributed by atoms with Crippen LogP contribution in [0.1, 0.15) is 44.2 Å². The number of ether oxygens (including phenoxy) is 2. The quantitative estimate of drug-likeness (QED) is 0.507. The highest BCUT2D eigenvalue weighted by molar-refractivity contribution is 6.38. The number of hydrogen-bond acceptors (Lipinski definition) is 7. The molecule has 172 valence electrons. The van der Waals surface area contributed by atoms with E-state index in [1.54, 1.807) is 5.01 Å². The van der Waals surface area contributed by atoms with Gasteiger partial charge in [-0.3, -0.25) is 4.79 Å². The van der Waals surface area contributed by atoms with Crippen molar-refractivity contribution in [1.29, 1.82) is 0 Å². The Hall–Kier alpha value is -3.94. The maximum Gasteiger partial charge on any atom is 0.264 e. The summed E-state index contributed by atoms with van der Waals surface area (Å²) in [6, 6.07) is 11.5. The fraction of sp³-hybridized carbons (Fsp3) is 0.280. The zero-order valence-electron chi connectivity index (χ0n) is 18.9. The number of nitrogens with zero attached hydrogens (tertiary/aromatic N) is 2. The smallest absolute Gasteiger partial charge is 0.264 e. The molecule has 0 atom stereocenters. The summed E-state index contributed by atoms with van der Waals surface area (Å²) in [5, 5.41) is 6.30. The molecule has 2 aromatic carbocycles. The number of hydrogen-bond donors (Lipinski definition) is 2. The molecule has 0 aromatic heterocycles. The van der Waals surface area contributed by atoms with E-state index in [9.17, 15) is 4.79 Å². The van der Waals surface area contributed by atoms with Crippen LogP contribution in [0.3, 0.4) is 0 Å². The van der Waals surface area contributed by atoms with Gasteiger partial charge < -0.3 is 20.0 Å². The summed E-state index contributed by atoms with van der Waals surface area (Å²) in [6.45, 7) is 8.28. The molecule has 2 aliphatic rings. The van der Waals surface area contributed by atoms with E-state index < -0.39 is 5.91 Å². The predicted octanol–water partition coefficient (Wildman–Crippen LogP) is 4.73. The molecule has 2 heterocycles. The Morgan fingerprint density at radius 2 is 1.97 bits per heavy atom. The van der Waals surface area contributed by atoms with E-state index in [4.69, 9.17) is 20.0 Å². The third-order valence-electron chi connectivity index (χ3n) is 5.63. The van der Waals surface area contributed by atoms with Crippen LogP contribution in [-0.2, 0) is 16.1 Å². The van der Waals surface area contributed by atoms with Crippen LogP contribution in [0.4, 0.5) is 11.4 Å². The lowest BCUT2D eigenvalue weighted by Crippen LogP contribution is -2.28. The molecule has 1 amide bonds. The van der Waals surface area contributed by atoms with Gasteiger partial charge in [0.25, 0.3) is 5.91 Å². The van der Waals surface area contributed by atoms with Crippen LogP contribution in [0, 0.1) is 0 Å². The average Bonchev–Trinajstić information content (AvgIpc) is 3.29. The molecule has 33 heavy (non-hydrogen) atoms. The van der Waals surface area contributed by atoms with Gasteiger partial charge in [0.2, 0.25) is 6.79 Å². The van der Waals surface area contributed by atoms with Crippen molar-refractivity contribution < 1.29 is 19.1 Å². The van der Waals surface area contributed by atoms with Gasteiger partial charge in [-0.05, 0) is 75.4 Å². The molecule has 0 radical (unpaired) electrons. The minimum absolute atomic E-state index is 0.166. The molecule has 0 aliphatic carbocycles. The fourth-order valence-corrected chi connectivity index (χ4v) is 3.68. The Bertz CT molecular complexity index is 1140. The van der Waals surface area contributed by atoms with Crippen LogP contribution >= 0.6 is 0 Å². The van der Waals surface area contributed by atoms with Crippen LogP contribution < -0.4 is 25.7 Å². The molecule has 3 N–H and O–H groups in total. The maximum atomic E-state index is 12.1. The number of carbonyl (C=O) groups is 1. The van der Waals surface area contributed by atoms with Crippen molar-refractivity contribution in [3.8, 4) is 11.5 Å². The Morgan fingerprint density at radius 1 is 1.18 bits per heavy atom. The summed E-state index contributed by atoms with van der Waals surface area (Å²) >= 11 is 0. The topological polar surface area (TPSA) is 98.4 Å². The molecule has 2 aliphatic heterocycles. The van der Waals surface area contributed by atoms with Gasteiger partial charge in [0.1, 0.15) is 11.5 Å². The second kappa shape index (κ2) is 9.68. The van der Waals surface area contributed by atoms with Crippen molar-refractivity contribution in [2.75, 3.05) is 17.3 Å². The van der Waals surface area contributed by atoms with E-state index in [1.807, 2.05) is 50.3 Å². The maximum absolute atomic E-state index is 12.1. The number of nitrogens with two attached hydrogens (primary N) is 1. The summed E-state index contributed by atoms with van der Waals surface area (Å²) in [5.74, 6) is 1.48. The second-order valence-corrected chi connectivity index (χ2v) is 7.89. The van der Waals surface area contributed by atoms with E-state index in [0.29, 0.717) is 35.0 Å². The molecule has 8 nitrogen and oxygen atoms in total. The first kappa shape index (κ1) is 22.3. The summed E-state index contributed by atoms with van der Waals surface area (Å²) in [7, 11) is 0. The van der Waals surface area contributed by atoms with E-state index >= 15 is 0 Å². The minimum Gasteiger partial charge on any atom is -0.454 e. The fourth-order valence-electron chi connectivity index (χ4n) is 3.68. The molecular weight excluding hydrogens is 420 g/mol. The van der Waals surface area contributed by atoms with Gasteiger partial charge in [0, 0.05) is 11.6 Å². The second-order valence-electron chi connectivity index (χ2n) is 7.89. The number of primary amides is 1. The number of nitrogens with one attached hydrogen (secondary N) is 1. The zero-order chi connectivity index (χ0) is 23.4. The molecule has 4 rings (SSSR count). The first-order valence-electron chi connectivity index (χ1n) is 10.9. The van der Waals surface area contributed by atoms with Crippen molar-refractivity contribution in [2.45, 2.75) is 39.5 Å². The molecule has 0 fully saturated rings. The van der Waals surface area contributed by atoms with Crippen molar-refractivity contribution in [2.24, 2.45) is 10.8 Å². The number of carbonyl (C=O) groups excluding carboxylic acids is 1. The van der Waals surface area contributed by atoms with Gasteiger partial charge in [-0.25, -0.2) is 10.5 Å². The SMILES string of the molecule is C=C1c2cc(NO/C(C)=C/C)ccc2CCCC/C(C(N)=O)=N\N1c1ccc2c(c1)OCO2. The molecular formula is C25H28N4O4. The van der Waals surface area contributed by atoms with Gasteiger partial charge >= 0.3 is 0 Å². The predicted molar refractivity (Wildman–Crippen MR) is 129 cm³/mol. The van der Waals surface area contributed by atoms with Crippen molar-refractivity contribution in [1.82, 2.24) is 0 Å². The normalized spacial score (nSPS) is 17.6. The van der Waals surface area contributed by atoms with Crippen LogP contribution in [0.15, 0.2) is 59.9 Å². The molecule has 0 saturated heterocycles. The summed E-state index contributed by atoms with van der Waals surface area (Å²) in [4.78, 5) is 17.7. The molecule has 2 aromatic rings. The highest BCUT2D eigenvalue weighted by Gasteiger charge is 2.22. The summed E-state index contributed by atoms with van der Waals surface area (Å²) < 4.78 is 11.0. The number of allylic oxidation sites excluding steroid dienone is 2. The number of anilines is 2. The molecule has 0 bridgehead atoms. The molecule has 0 spiro atoms. The van der Waals surface area contributed by atoms with Crippen molar-refractivity contribution >= 4 is 28.7 Å². The first-order chi connectivity index (χ1) is 16.0. The number of aryl methyl sites for hydroxylation is 1. The van der Waals surface area contributed by atoms with Crippen LogP contribution in [-0.4, -0.2) is 18.4 Å². The van der Waals surface area contributed by atoms with E-state index in [2.05, 4.69) is 23.2 Å². The number of fused-ring (bicyclic) bond motifs is 2. The number of amides is 1. The first-order valence-corrected chi connectivity index (χ1v) is 10.9. The standard InChI is InChI=1S/C25H28N4O4/c1-4-16(2)33-28-19-10-9-18-7-5-6-8-22(25(26)30)27-29(17(3)21(18)13-19)20-11-12-23-24(14-20)32-15-31-23/h4,9-14,28H,3,5-8,15H2,1-2H3,(H2,26,30)/b16-4+,27-22+. The Morgan fingerprint density at radius 3 is 2.76 bits per heavy atom. The van der Waals surface area contributed by atoms with Gasteiger partial charge in [0.05, 0.1) is 17.1 Å². The van der Waals surface area contributed by atoms with E-state index in [0.717, 1.165) is 41.8 Å². The Kier molecular flexibility index (Phi) is 6.53. The van der Waals surface area contributed by atoms with Crippen molar-refractivity contribution in [3.05, 3.63) is 65.9 Å². The van der Waals surface area contributed by atoms with Gasteiger partial charge in [-0.15, -0.1) is 0 Å². The Balaban J connectivity index is 1.78. The monoisotopic (exact) mass is 448 g/mol. The van der Waals surface area contributed by atoms with E-state index in [1.165, 1.54) is 0 Å². The number of hydrazone groups is 1. The average molecular weight is 449 g/mol. The Labute approximate surface area is 193 Å². The van der Waals surface area contributed by atoms with Gasteiger partial charge in [-0.1, -0.05) is 12.6 Å². The third kappa shape index (κ3) is 4.95. The van der Waals surface area contributed by atoms with Gasteiger partial charge in [0.15, 0.2) is 11.5 Å². The summed E-state index contributed by atoms with van der Waals surface area (Å²) in [5.41, 5.74) is 13.0. The molecule has 8 heteroatoms. The van der Waals surface area contributed by atoms with E-state index in [-0.39, 0.29) is 6.79 Å². The molecule has 0 saturated carbocycles. The largest absolute Gasteiger partial charge is 0.454 e. The lowest BCUT2D eigenvalue weighted by molar-refractivity contribution is -0.112. The number of benzene rings is 2. The van der Waals surface area contributed by atoms with Crippen LogP contribution in [0.5, 0.6) is 11.5 Å². The number of rotatable bonds is 5. The van der Waals surface area contributed by atoms with Crippen LogP contribution in [0.25, 0.3) is 5.70 Å². The lowest BCUT2D eigenvalue weighted by atomic mass is 9.97. The summed E-state index contributed by atoms with van der Waals surface area (Å²) in [6.07, 6.45) is 4.90. The highest BCUT2D eigenvalue weighted by atomic mass is 16.7.